The Morgan fingerprint density at radius 2 is 0.795 bits per heavy atom. The molecule has 12 N–H and O–H groups in total. The van der Waals surface area contributed by atoms with E-state index in [0.717, 1.165) is 96.3 Å². The zero-order chi connectivity index (χ0) is 64.0. The molecule has 17 unspecified atom stereocenters. The summed E-state index contributed by atoms with van der Waals surface area (Å²) < 4.78 is 34.2. The maximum Gasteiger partial charge on any atom is 0.220 e. The second-order valence-electron chi connectivity index (χ2n) is 23.2. The molecule has 0 aromatic carbocycles. The summed E-state index contributed by atoms with van der Waals surface area (Å²) in [6.07, 6.45) is 39.5. The molecule has 3 saturated heterocycles. The van der Waals surface area contributed by atoms with E-state index in [0.29, 0.717) is 12.8 Å². The third kappa shape index (κ3) is 32.1. The number of ether oxygens (including phenoxy) is 6. The maximum absolute atomic E-state index is 13.3. The number of nitrogens with one attached hydrogen (secondary N) is 1. The molecule has 88 heavy (non-hydrogen) atoms. The van der Waals surface area contributed by atoms with Crippen LogP contribution in [0.2, 0.25) is 0 Å². The van der Waals surface area contributed by atoms with Crippen LogP contribution in [0.3, 0.4) is 0 Å². The SMILES string of the molecule is CC/C=C\C/C=C\C/C=C\C/C=C\C/C=C\C/C=C\C/C=C\CCCCCCCCCCCCCC(=O)NC(COC1OC(CO)C(OC2OC(CO)C(OC3OC(CO)C(O)C(O)C3O)C(O)C2O)C(O)C1O)C(O)/C=C/CC/C=C/CCCCCC. The highest BCUT2D eigenvalue weighted by atomic mass is 16.8. The summed E-state index contributed by atoms with van der Waals surface area (Å²) in [5.74, 6) is -0.297. The molecule has 19 heteroatoms. The first-order chi connectivity index (χ1) is 42.8. The minimum absolute atomic E-state index is 0.224. The number of unbranched alkanes of at least 4 members (excludes halogenated alkanes) is 16. The van der Waals surface area contributed by atoms with E-state index in [4.69, 9.17) is 28.4 Å². The first-order valence-corrected chi connectivity index (χ1v) is 33.1. The molecular weight excluding hydrogens is 1130 g/mol. The van der Waals surface area contributed by atoms with Gasteiger partial charge in [0.1, 0.15) is 73.2 Å². The number of aliphatic hydroxyl groups excluding tert-OH is 11. The van der Waals surface area contributed by atoms with Crippen LogP contribution >= 0.6 is 0 Å². The van der Waals surface area contributed by atoms with Crippen LogP contribution in [0.15, 0.2) is 109 Å². The quantitative estimate of drug-likeness (QED) is 0.0204. The van der Waals surface area contributed by atoms with Gasteiger partial charge in [-0.05, 0) is 89.9 Å². The van der Waals surface area contributed by atoms with E-state index in [1.165, 1.54) is 57.8 Å². The van der Waals surface area contributed by atoms with Crippen molar-refractivity contribution in [2.24, 2.45) is 0 Å². The molecule has 17 atom stereocenters. The Balaban J connectivity index is 1.37. The molecule has 3 heterocycles. The first-order valence-electron chi connectivity index (χ1n) is 33.1. The average molecular weight is 1250 g/mol. The number of allylic oxidation sites excluding steroid dienone is 17. The van der Waals surface area contributed by atoms with Gasteiger partial charge in [-0.2, -0.15) is 0 Å². The standard InChI is InChI=1S/C69H115NO18/c1-3-5-7-9-11-13-15-16-17-18-19-20-21-22-23-24-25-26-27-28-29-30-31-32-33-34-35-36-37-39-41-43-45-47-57(75)70-52(53(74)46-44-42-40-38-14-12-10-8-6-4-2)51-83-67-63(81)60(78)65(55(49-72)85-67)88-69-64(82)61(79)66(56(50-73)86-69)87-68-62(80)59(77)58(76)54(48-71)84-68/h5,7,11,13-14,16-17,19-20,22-23,25-26,28-29,38,44,46,52-56,58-69,71-74,76-82H,3-4,6,8-10,12,15,18,21,24,27,30-37,39-43,45,47-51H2,1-2H3,(H,70,75)/b7-5-,13-11-,17-16-,20-19-,23-22-,26-25-,29-28-,38-14+,46-44+. The molecule has 3 aliphatic heterocycles. The van der Waals surface area contributed by atoms with Gasteiger partial charge in [-0.3, -0.25) is 4.79 Å². The highest BCUT2D eigenvalue weighted by molar-refractivity contribution is 5.76. The van der Waals surface area contributed by atoms with Crippen LogP contribution in [0, 0.1) is 0 Å². The van der Waals surface area contributed by atoms with Crippen LogP contribution in [0.25, 0.3) is 0 Å². The van der Waals surface area contributed by atoms with Crippen molar-refractivity contribution in [1.82, 2.24) is 5.32 Å². The molecule has 504 valence electrons. The minimum atomic E-state index is -1.98. The lowest BCUT2D eigenvalue weighted by Gasteiger charge is -2.48. The van der Waals surface area contributed by atoms with Gasteiger partial charge >= 0.3 is 0 Å². The third-order valence-electron chi connectivity index (χ3n) is 15.8. The molecular formula is C69H115NO18. The van der Waals surface area contributed by atoms with E-state index in [-0.39, 0.29) is 18.9 Å². The van der Waals surface area contributed by atoms with Gasteiger partial charge in [0, 0.05) is 6.42 Å². The van der Waals surface area contributed by atoms with Gasteiger partial charge in [-0.25, -0.2) is 0 Å². The Labute approximate surface area is 525 Å². The molecule has 0 aliphatic carbocycles. The topological polar surface area (TPSA) is 307 Å². The van der Waals surface area contributed by atoms with Gasteiger partial charge in [-0.1, -0.05) is 200 Å². The van der Waals surface area contributed by atoms with E-state index in [9.17, 15) is 61.0 Å². The van der Waals surface area contributed by atoms with Crippen LogP contribution in [0.1, 0.15) is 187 Å². The van der Waals surface area contributed by atoms with E-state index in [1.54, 1.807) is 6.08 Å². The van der Waals surface area contributed by atoms with Crippen LogP contribution in [-0.2, 0) is 33.2 Å². The van der Waals surface area contributed by atoms with E-state index in [2.05, 4.69) is 116 Å². The van der Waals surface area contributed by atoms with E-state index < -0.39 is 124 Å². The van der Waals surface area contributed by atoms with Crippen LogP contribution in [0.4, 0.5) is 0 Å². The van der Waals surface area contributed by atoms with Crippen molar-refractivity contribution < 1.29 is 89.4 Å². The number of hydrogen-bond acceptors (Lipinski definition) is 18. The molecule has 3 rings (SSSR count). The number of carbonyl (C=O) groups excluding carboxylic acids is 1. The van der Waals surface area contributed by atoms with Gasteiger partial charge in [-0.15, -0.1) is 0 Å². The molecule has 0 saturated carbocycles. The zero-order valence-corrected chi connectivity index (χ0v) is 52.9. The minimum Gasteiger partial charge on any atom is -0.394 e. The van der Waals surface area contributed by atoms with Crippen molar-refractivity contribution in [1.29, 1.82) is 0 Å². The van der Waals surface area contributed by atoms with Gasteiger partial charge in [0.05, 0.1) is 38.6 Å². The van der Waals surface area contributed by atoms with Gasteiger partial charge in [0.15, 0.2) is 18.9 Å². The predicted octanol–water partition coefficient (Wildman–Crippen LogP) is 7.88. The van der Waals surface area contributed by atoms with Crippen LogP contribution in [0.5, 0.6) is 0 Å². The molecule has 3 fully saturated rings. The fraction of sp³-hybridized carbons (Fsp3) is 0.725. The van der Waals surface area contributed by atoms with E-state index >= 15 is 0 Å². The van der Waals surface area contributed by atoms with Crippen molar-refractivity contribution in [2.75, 3.05) is 26.4 Å². The Bertz CT molecular complexity index is 2020. The van der Waals surface area contributed by atoms with Crippen molar-refractivity contribution >= 4 is 5.91 Å². The molecule has 0 aromatic rings. The Morgan fingerprint density at radius 1 is 0.420 bits per heavy atom. The summed E-state index contributed by atoms with van der Waals surface area (Å²) >= 11 is 0. The zero-order valence-electron chi connectivity index (χ0n) is 52.9. The summed E-state index contributed by atoms with van der Waals surface area (Å²) in [6.45, 7) is 1.52. The summed E-state index contributed by atoms with van der Waals surface area (Å²) in [6, 6.07) is -0.997. The Hall–Kier alpha value is -3.55. The fourth-order valence-corrected chi connectivity index (χ4v) is 10.4. The van der Waals surface area contributed by atoms with E-state index in [1.807, 2.05) is 6.08 Å². The number of rotatable bonds is 48. The summed E-state index contributed by atoms with van der Waals surface area (Å²) in [4.78, 5) is 13.3. The number of aliphatic hydroxyl groups is 11. The molecule has 19 nitrogen and oxygen atoms in total. The number of amides is 1. The molecule has 0 aromatic heterocycles. The average Bonchev–Trinajstić information content (AvgIpc) is 1.83. The van der Waals surface area contributed by atoms with Gasteiger partial charge in [0.2, 0.25) is 5.91 Å². The lowest BCUT2D eigenvalue weighted by atomic mass is 9.96. The second kappa shape index (κ2) is 50.1. The molecule has 0 bridgehead atoms. The van der Waals surface area contributed by atoms with Crippen molar-refractivity contribution in [2.45, 2.75) is 291 Å². The normalized spacial score (nSPS) is 29.1. The lowest BCUT2D eigenvalue weighted by molar-refractivity contribution is -0.379. The largest absolute Gasteiger partial charge is 0.394 e. The summed E-state index contributed by atoms with van der Waals surface area (Å²) in [5.41, 5.74) is 0. The monoisotopic (exact) mass is 1250 g/mol. The molecule has 0 spiro atoms. The summed E-state index contributed by atoms with van der Waals surface area (Å²) in [7, 11) is 0. The smallest absolute Gasteiger partial charge is 0.220 e. The molecule has 0 radical (unpaired) electrons. The Morgan fingerprint density at radius 3 is 1.27 bits per heavy atom. The van der Waals surface area contributed by atoms with Crippen LogP contribution < -0.4 is 5.32 Å². The lowest BCUT2D eigenvalue weighted by Crippen LogP contribution is -2.66. The first kappa shape index (κ1) is 78.7. The highest BCUT2D eigenvalue weighted by Crippen LogP contribution is 2.33. The van der Waals surface area contributed by atoms with Gasteiger partial charge < -0.3 is 89.9 Å². The van der Waals surface area contributed by atoms with Crippen molar-refractivity contribution in [3.63, 3.8) is 0 Å². The summed E-state index contributed by atoms with van der Waals surface area (Å²) in [5, 5.41) is 120. The maximum atomic E-state index is 13.3. The third-order valence-corrected chi connectivity index (χ3v) is 15.8. The Kier molecular flexibility index (Phi) is 44.8. The highest BCUT2D eigenvalue weighted by Gasteiger charge is 2.53. The van der Waals surface area contributed by atoms with Crippen molar-refractivity contribution in [3.8, 4) is 0 Å². The van der Waals surface area contributed by atoms with Crippen molar-refractivity contribution in [3.05, 3.63) is 109 Å². The number of carbonyl (C=O) groups is 1. The molecule has 3 aliphatic rings. The fourth-order valence-electron chi connectivity index (χ4n) is 10.4. The van der Waals surface area contributed by atoms with Gasteiger partial charge in [0.25, 0.3) is 0 Å². The van der Waals surface area contributed by atoms with Crippen LogP contribution in [-0.4, -0.2) is 193 Å². The molecule has 1 amide bonds. The second-order valence-corrected chi connectivity index (χ2v) is 23.2. The number of hydrogen-bond donors (Lipinski definition) is 12. The predicted molar refractivity (Wildman–Crippen MR) is 341 cm³/mol.